The Morgan fingerprint density at radius 3 is 2.04 bits per heavy atom. The topological polar surface area (TPSA) is 136 Å². The molecule has 8 nitrogen and oxygen atoms in total. The number of carbonyl (C=O) groups is 4. The van der Waals surface area contributed by atoms with E-state index >= 15 is 0 Å². The van der Waals surface area contributed by atoms with E-state index < -0.39 is 5.97 Å². The van der Waals surface area contributed by atoms with Gasteiger partial charge in [-0.1, -0.05) is 11.8 Å². The van der Waals surface area contributed by atoms with Crippen molar-refractivity contribution >= 4 is 23.8 Å². The van der Waals surface area contributed by atoms with Crippen LogP contribution in [0.25, 0.3) is 0 Å². The number of nitrogens with two attached hydrogens (primary N) is 1. The normalized spacial score (nSPS) is 12.0. The molecule has 0 aromatic rings. The van der Waals surface area contributed by atoms with E-state index in [2.05, 4.69) is 28.3 Å². The molecule has 1 aliphatic heterocycles. The zero-order valence-corrected chi connectivity index (χ0v) is 13.4. The number of cyclic esters (lactones) is 2. The first-order chi connectivity index (χ1) is 11.4. The number of carboxylic acids is 1. The summed E-state index contributed by atoms with van der Waals surface area (Å²) in [6.07, 6.45) is 11.6. The van der Waals surface area contributed by atoms with Crippen molar-refractivity contribution in [3.8, 4) is 24.7 Å². The van der Waals surface area contributed by atoms with Crippen molar-refractivity contribution < 1.29 is 29.0 Å². The van der Waals surface area contributed by atoms with Crippen LogP contribution >= 0.6 is 0 Å². The zero-order chi connectivity index (χ0) is 18.8. The van der Waals surface area contributed by atoms with E-state index in [0.717, 1.165) is 0 Å². The number of rotatable bonds is 5. The van der Waals surface area contributed by atoms with Gasteiger partial charge in [0.1, 0.15) is 0 Å². The van der Waals surface area contributed by atoms with Crippen LogP contribution in [0.15, 0.2) is 0 Å². The highest BCUT2D eigenvalue weighted by molar-refractivity contribution is 5.87. The molecular formula is C16H22N2O6. The van der Waals surface area contributed by atoms with Crippen LogP contribution in [0.2, 0.25) is 0 Å². The van der Waals surface area contributed by atoms with Gasteiger partial charge in [0, 0.05) is 25.7 Å². The van der Waals surface area contributed by atoms with Gasteiger partial charge in [-0.05, 0) is 12.8 Å². The van der Waals surface area contributed by atoms with E-state index in [4.69, 9.17) is 17.3 Å². The van der Waals surface area contributed by atoms with Gasteiger partial charge in [-0.15, -0.1) is 12.8 Å². The molecule has 1 amide bonds. The lowest BCUT2D eigenvalue weighted by Gasteiger charge is -2.06. The summed E-state index contributed by atoms with van der Waals surface area (Å²) in [4.78, 5) is 41.3. The molecule has 1 fully saturated rings. The molecule has 8 heteroatoms. The smallest absolute Gasteiger partial charge is 0.313 e. The average Bonchev–Trinajstić information content (AvgIpc) is 2.53. The highest BCUT2D eigenvalue weighted by Crippen LogP contribution is 2.06. The number of hydrogen-bond donors (Lipinski definition) is 3. The minimum absolute atomic E-state index is 0.0173. The third kappa shape index (κ3) is 19.2. The second-order valence-corrected chi connectivity index (χ2v) is 4.34. The van der Waals surface area contributed by atoms with Crippen molar-refractivity contribution in [1.29, 1.82) is 0 Å². The second kappa shape index (κ2) is 16.5. The Morgan fingerprint density at radius 2 is 1.71 bits per heavy atom. The molecule has 1 saturated heterocycles. The molecule has 0 unspecified atom stereocenters. The molecule has 132 valence electrons. The van der Waals surface area contributed by atoms with Crippen molar-refractivity contribution in [3.63, 3.8) is 0 Å². The molecule has 0 bridgehead atoms. The predicted molar refractivity (Wildman–Crippen MR) is 86.2 cm³/mol. The summed E-state index contributed by atoms with van der Waals surface area (Å²) in [5.74, 6) is 2.59. The summed E-state index contributed by atoms with van der Waals surface area (Å²) < 4.78 is 4.21. The summed E-state index contributed by atoms with van der Waals surface area (Å²) >= 11 is 0. The van der Waals surface area contributed by atoms with Crippen LogP contribution in [0, 0.1) is 24.7 Å². The minimum atomic E-state index is -0.889. The Morgan fingerprint density at radius 1 is 1.17 bits per heavy atom. The third-order valence-corrected chi connectivity index (χ3v) is 2.29. The molecule has 24 heavy (non-hydrogen) atoms. The maximum Gasteiger partial charge on any atom is 0.313 e. The summed E-state index contributed by atoms with van der Waals surface area (Å²) in [7, 11) is 0. The average molecular weight is 338 g/mol. The Labute approximate surface area is 141 Å². The number of carboxylic acid groups (broad SMARTS) is 1. The quantitative estimate of drug-likeness (QED) is 0.359. The SMILES string of the molecule is C#CCN.C#CCNC(=O)CCCC(=O)O.O=C1CCCC(=O)O1. The van der Waals surface area contributed by atoms with Crippen LogP contribution in [-0.4, -0.2) is 42.0 Å². The number of ether oxygens (including phenoxy) is 1. The summed E-state index contributed by atoms with van der Waals surface area (Å²) in [6, 6.07) is 0. The van der Waals surface area contributed by atoms with Gasteiger partial charge in [-0.3, -0.25) is 19.2 Å². The maximum atomic E-state index is 10.8. The number of esters is 2. The zero-order valence-electron chi connectivity index (χ0n) is 13.4. The Hall–Kier alpha value is -2.84. The van der Waals surface area contributed by atoms with Gasteiger partial charge in [-0.25, -0.2) is 0 Å². The molecule has 0 aliphatic carbocycles. The van der Waals surface area contributed by atoms with Crippen LogP contribution in [-0.2, 0) is 23.9 Å². The van der Waals surface area contributed by atoms with E-state index in [0.29, 0.717) is 32.2 Å². The fourth-order valence-electron chi connectivity index (χ4n) is 1.24. The number of carbonyl (C=O) groups excluding carboxylic acids is 3. The van der Waals surface area contributed by atoms with Crippen molar-refractivity contribution in [2.45, 2.75) is 38.5 Å². The van der Waals surface area contributed by atoms with Gasteiger partial charge < -0.3 is 20.9 Å². The number of amides is 1. The second-order valence-electron chi connectivity index (χ2n) is 4.34. The largest absolute Gasteiger partial charge is 0.481 e. The van der Waals surface area contributed by atoms with Crippen LogP contribution in [0.4, 0.5) is 0 Å². The molecule has 4 N–H and O–H groups in total. The molecule has 1 rings (SSSR count). The summed E-state index contributed by atoms with van der Waals surface area (Å²) in [5, 5.41) is 10.7. The Kier molecular flexibility index (Phi) is 16.1. The fraction of sp³-hybridized carbons (Fsp3) is 0.500. The summed E-state index contributed by atoms with van der Waals surface area (Å²) in [5.41, 5.74) is 4.79. The number of aliphatic carboxylic acids is 1. The van der Waals surface area contributed by atoms with Crippen molar-refractivity contribution in [3.05, 3.63) is 0 Å². The van der Waals surface area contributed by atoms with Gasteiger partial charge in [0.15, 0.2) is 0 Å². The van der Waals surface area contributed by atoms with E-state index in [1.54, 1.807) is 0 Å². The van der Waals surface area contributed by atoms with Gasteiger partial charge in [0.05, 0.1) is 13.1 Å². The molecule has 0 radical (unpaired) electrons. The standard InChI is InChI=1S/C8H11NO3.C5H6O3.C3H5N/c1-2-6-9-7(10)4-3-5-8(11)12;6-4-2-1-3-5(7)8-4;1-2-3-4/h1H,3-6H2,(H,9,10)(H,11,12);1-3H2;1H,3-4H2. The molecule has 1 aliphatic rings. The fourth-order valence-corrected chi connectivity index (χ4v) is 1.24. The maximum absolute atomic E-state index is 10.8. The molecule has 0 spiro atoms. The first-order valence-electron chi connectivity index (χ1n) is 7.16. The molecular weight excluding hydrogens is 316 g/mol. The van der Waals surface area contributed by atoms with Gasteiger partial charge in [0.2, 0.25) is 5.91 Å². The van der Waals surface area contributed by atoms with Crippen molar-refractivity contribution in [2.24, 2.45) is 5.73 Å². The van der Waals surface area contributed by atoms with Gasteiger partial charge >= 0.3 is 17.9 Å². The number of terminal acetylenes is 2. The lowest BCUT2D eigenvalue weighted by Crippen LogP contribution is -2.23. The van der Waals surface area contributed by atoms with E-state index in [1.165, 1.54) is 0 Å². The van der Waals surface area contributed by atoms with Crippen molar-refractivity contribution in [2.75, 3.05) is 13.1 Å². The van der Waals surface area contributed by atoms with Crippen molar-refractivity contribution in [1.82, 2.24) is 5.32 Å². The number of nitrogens with one attached hydrogen (secondary N) is 1. The monoisotopic (exact) mass is 338 g/mol. The molecule has 0 saturated carbocycles. The highest BCUT2D eigenvalue weighted by Gasteiger charge is 2.15. The Bertz CT molecular complexity index is 488. The third-order valence-electron chi connectivity index (χ3n) is 2.29. The van der Waals surface area contributed by atoms with Crippen LogP contribution in [0.3, 0.4) is 0 Å². The molecule has 0 aromatic heterocycles. The van der Waals surface area contributed by atoms with Crippen LogP contribution < -0.4 is 11.1 Å². The predicted octanol–water partition coefficient (Wildman–Crippen LogP) is -0.191. The van der Waals surface area contributed by atoms with Gasteiger partial charge in [0.25, 0.3) is 0 Å². The highest BCUT2D eigenvalue weighted by atomic mass is 16.6. The first kappa shape index (κ1) is 23.4. The van der Waals surface area contributed by atoms with Crippen LogP contribution in [0.5, 0.6) is 0 Å². The van der Waals surface area contributed by atoms with E-state index in [9.17, 15) is 19.2 Å². The first-order valence-corrected chi connectivity index (χ1v) is 7.16. The molecule has 0 atom stereocenters. The van der Waals surface area contributed by atoms with Crippen LogP contribution in [0.1, 0.15) is 38.5 Å². The minimum Gasteiger partial charge on any atom is -0.481 e. The van der Waals surface area contributed by atoms with E-state index in [-0.39, 0.29) is 37.2 Å². The molecule has 1 heterocycles. The Balaban J connectivity index is 0. The van der Waals surface area contributed by atoms with E-state index in [1.807, 2.05) is 0 Å². The van der Waals surface area contributed by atoms with Gasteiger partial charge in [-0.2, -0.15) is 0 Å². The molecule has 0 aromatic carbocycles. The lowest BCUT2D eigenvalue weighted by molar-refractivity contribution is -0.163. The summed E-state index contributed by atoms with van der Waals surface area (Å²) in [6.45, 7) is 0.548. The number of hydrogen-bond acceptors (Lipinski definition) is 6. The lowest BCUT2D eigenvalue weighted by atomic mass is 10.2.